The molecule has 1 aromatic carbocycles. The lowest BCUT2D eigenvalue weighted by atomic mass is 9.97. The number of phenols is 1. The molecule has 28 heavy (non-hydrogen) atoms. The quantitative estimate of drug-likeness (QED) is 0.750. The minimum atomic E-state index is 0.00108. The predicted octanol–water partition coefficient (Wildman–Crippen LogP) is 2.97. The van der Waals surface area contributed by atoms with E-state index in [1.165, 1.54) is 18.2 Å². The lowest BCUT2D eigenvalue weighted by molar-refractivity contribution is 0.418. The minimum absolute atomic E-state index is 0.00108. The van der Waals surface area contributed by atoms with Crippen LogP contribution in [-0.2, 0) is 25.8 Å². The second-order valence-electron chi connectivity index (χ2n) is 6.93. The van der Waals surface area contributed by atoms with E-state index in [4.69, 9.17) is 9.51 Å². The van der Waals surface area contributed by atoms with E-state index in [1.807, 2.05) is 6.92 Å². The maximum atomic E-state index is 13.0. The SMILES string of the molecule is CCc1nc2c(c(=O)n1Cc1cc(-c3cc(O)ccc3C#N)on1)CCCC2. The van der Waals surface area contributed by atoms with E-state index in [9.17, 15) is 15.2 Å². The Morgan fingerprint density at radius 1 is 1.29 bits per heavy atom. The molecule has 0 bridgehead atoms. The van der Waals surface area contributed by atoms with Crippen LogP contribution in [-0.4, -0.2) is 19.8 Å². The summed E-state index contributed by atoms with van der Waals surface area (Å²) < 4.78 is 7.06. The number of nitriles is 1. The van der Waals surface area contributed by atoms with E-state index in [1.54, 1.807) is 10.6 Å². The Kier molecular flexibility index (Phi) is 4.70. The van der Waals surface area contributed by atoms with Crippen LogP contribution in [0.4, 0.5) is 0 Å². The van der Waals surface area contributed by atoms with Crippen LogP contribution in [0.5, 0.6) is 5.75 Å². The molecule has 0 saturated heterocycles. The zero-order valence-electron chi connectivity index (χ0n) is 15.6. The van der Waals surface area contributed by atoms with Gasteiger partial charge in [-0.15, -0.1) is 0 Å². The van der Waals surface area contributed by atoms with Crippen molar-refractivity contribution >= 4 is 0 Å². The van der Waals surface area contributed by atoms with Crippen molar-refractivity contribution < 1.29 is 9.63 Å². The van der Waals surface area contributed by atoms with Crippen molar-refractivity contribution in [1.82, 2.24) is 14.7 Å². The molecule has 7 nitrogen and oxygen atoms in total. The molecule has 7 heteroatoms. The molecule has 1 N–H and O–H groups in total. The molecule has 0 spiro atoms. The van der Waals surface area contributed by atoms with Crippen molar-refractivity contribution in [2.45, 2.75) is 45.6 Å². The highest BCUT2D eigenvalue weighted by atomic mass is 16.5. The molecule has 0 radical (unpaired) electrons. The van der Waals surface area contributed by atoms with Gasteiger partial charge < -0.3 is 9.63 Å². The number of aromatic hydroxyl groups is 1. The van der Waals surface area contributed by atoms with Crippen LogP contribution in [0.15, 0.2) is 33.6 Å². The molecule has 0 atom stereocenters. The predicted molar refractivity (Wildman–Crippen MR) is 102 cm³/mol. The first-order chi connectivity index (χ1) is 13.6. The molecule has 3 aromatic rings. The number of hydrogen-bond acceptors (Lipinski definition) is 6. The van der Waals surface area contributed by atoms with E-state index < -0.39 is 0 Å². The Balaban J connectivity index is 1.72. The van der Waals surface area contributed by atoms with Crippen molar-refractivity contribution in [3.63, 3.8) is 0 Å². The van der Waals surface area contributed by atoms with Gasteiger partial charge in [0.2, 0.25) is 0 Å². The molecule has 1 aliphatic carbocycles. The summed E-state index contributed by atoms with van der Waals surface area (Å²) in [6.45, 7) is 2.24. The molecular weight excluding hydrogens is 356 g/mol. The van der Waals surface area contributed by atoms with Gasteiger partial charge in [-0.1, -0.05) is 12.1 Å². The molecule has 0 unspecified atom stereocenters. The number of phenolic OH excluding ortho intramolecular Hbond substituents is 1. The van der Waals surface area contributed by atoms with Crippen molar-refractivity contribution in [2.75, 3.05) is 0 Å². The smallest absolute Gasteiger partial charge is 0.257 e. The molecule has 2 heterocycles. The van der Waals surface area contributed by atoms with Gasteiger partial charge in [0.25, 0.3) is 5.56 Å². The van der Waals surface area contributed by atoms with Crippen molar-refractivity contribution in [1.29, 1.82) is 5.26 Å². The highest BCUT2D eigenvalue weighted by molar-refractivity contribution is 5.67. The number of fused-ring (bicyclic) bond motifs is 1. The number of aromatic nitrogens is 3. The second-order valence-corrected chi connectivity index (χ2v) is 6.93. The maximum Gasteiger partial charge on any atom is 0.257 e. The third kappa shape index (κ3) is 3.18. The monoisotopic (exact) mass is 376 g/mol. The number of nitrogens with zero attached hydrogens (tertiary/aromatic N) is 4. The first-order valence-electron chi connectivity index (χ1n) is 9.41. The van der Waals surface area contributed by atoms with Crippen LogP contribution in [0.1, 0.15) is 48.1 Å². The van der Waals surface area contributed by atoms with Gasteiger partial charge >= 0.3 is 0 Å². The minimum Gasteiger partial charge on any atom is -0.508 e. The molecule has 0 amide bonds. The average Bonchev–Trinajstić information content (AvgIpc) is 3.18. The summed E-state index contributed by atoms with van der Waals surface area (Å²) >= 11 is 0. The van der Waals surface area contributed by atoms with Gasteiger partial charge in [-0.05, 0) is 43.9 Å². The number of rotatable bonds is 4. The Morgan fingerprint density at radius 3 is 2.89 bits per heavy atom. The summed E-state index contributed by atoms with van der Waals surface area (Å²) in [6.07, 6.45) is 4.37. The fourth-order valence-electron chi connectivity index (χ4n) is 3.68. The molecule has 0 aliphatic heterocycles. The Bertz CT molecular complexity index is 1140. The number of hydrogen-bond donors (Lipinski definition) is 1. The third-order valence-corrected chi connectivity index (χ3v) is 5.10. The third-order valence-electron chi connectivity index (χ3n) is 5.10. The van der Waals surface area contributed by atoms with Crippen LogP contribution in [0, 0.1) is 11.3 Å². The second kappa shape index (κ2) is 7.31. The first-order valence-corrected chi connectivity index (χ1v) is 9.41. The van der Waals surface area contributed by atoms with E-state index in [0.717, 1.165) is 42.8 Å². The lowest BCUT2D eigenvalue weighted by Crippen LogP contribution is -2.32. The van der Waals surface area contributed by atoms with Gasteiger partial charge in [-0.25, -0.2) is 4.98 Å². The van der Waals surface area contributed by atoms with E-state index in [0.29, 0.717) is 29.0 Å². The summed E-state index contributed by atoms with van der Waals surface area (Å²) in [5, 5.41) is 23.1. The maximum absolute atomic E-state index is 13.0. The summed E-state index contributed by atoms with van der Waals surface area (Å²) in [4.78, 5) is 17.7. The Labute approximate surface area is 161 Å². The summed E-state index contributed by atoms with van der Waals surface area (Å²) in [6, 6.07) is 8.22. The van der Waals surface area contributed by atoms with Crippen LogP contribution in [0.25, 0.3) is 11.3 Å². The molecule has 2 aromatic heterocycles. The highest BCUT2D eigenvalue weighted by Gasteiger charge is 2.20. The Morgan fingerprint density at radius 2 is 2.11 bits per heavy atom. The van der Waals surface area contributed by atoms with Crippen molar-refractivity contribution in [3.8, 4) is 23.1 Å². The highest BCUT2D eigenvalue weighted by Crippen LogP contribution is 2.28. The summed E-state index contributed by atoms with van der Waals surface area (Å²) in [5.74, 6) is 1.15. The van der Waals surface area contributed by atoms with E-state index in [-0.39, 0.29) is 17.9 Å². The average molecular weight is 376 g/mol. The summed E-state index contributed by atoms with van der Waals surface area (Å²) in [7, 11) is 0. The van der Waals surface area contributed by atoms with Crippen molar-refractivity contribution in [3.05, 3.63) is 63.0 Å². The Hall–Kier alpha value is -3.40. The van der Waals surface area contributed by atoms with Gasteiger partial charge in [0.15, 0.2) is 5.76 Å². The molecule has 0 fully saturated rings. The zero-order chi connectivity index (χ0) is 19.7. The zero-order valence-corrected chi connectivity index (χ0v) is 15.6. The van der Waals surface area contributed by atoms with Gasteiger partial charge in [-0.3, -0.25) is 9.36 Å². The molecular formula is C21H20N4O3. The van der Waals surface area contributed by atoms with Crippen LogP contribution in [0.2, 0.25) is 0 Å². The van der Waals surface area contributed by atoms with Crippen molar-refractivity contribution in [2.24, 2.45) is 0 Å². The topological polar surface area (TPSA) is 105 Å². The van der Waals surface area contributed by atoms with Crippen LogP contribution in [0.3, 0.4) is 0 Å². The fraction of sp³-hybridized carbons (Fsp3) is 0.333. The lowest BCUT2D eigenvalue weighted by Gasteiger charge is -2.18. The molecule has 4 rings (SSSR count). The van der Waals surface area contributed by atoms with Crippen LogP contribution < -0.4 is 5.56 Å². The fourth-order valence-corrected chi connectivity index (χ4v) is 3.68. The normalized spacial score (nSPS) is 13.1. The largest absolute Gasteiger partial charge is 0.508 e. The van der Waals surface area contributed by atoms with Gasteiger partial charge in [0, 0.05) is 23.6 Å². The first kappa shape index (κ1) is 18.0. The van der Waals surface area contributed by atoms with Gasteiger partial charge in [-0.2, -0.15) is 5.26 Å². The van der Waals surface area contributed by atoms with E-state index >= 15 is 0 Å². The molecule has 0 saturated carbocycles. The van der Waals surface area contributed by atoms with Crippen LogP contribution >= 0.6 is 0 Å². The number of aryl methyl sites for hydroxylation is 2. The van der Waals surface area contributed by atoms with E-state index in [2.05, 4.69) is 11.2 Å². The summed E-state index contributed by atoms with van der Waals surface area (Å²) in [5.41, 5.74) is 3.16. The van der Waals surface area contributed by atoms with Gasteiger partial charge in [0.05, 0.1) is 23.9 Å². The molecule has 1 aliphatic rings. The number of benzene rings is 1. The standard InChI is InChI=1S/C21H20N4O3/c1-2-20-23-18-6-4-3-5-16(18)21(27)25(20)12-14-9-19(28-24-14)17-10-15(26)8-7-13(17)11-22/h7-10,26H,2-6,12H2,1H3. The van der Waals surface area contributed by atoms with Gasteiger partial charge in [0.1, 0.15) is 17.3 Å². The molecule has 142 valence electrons.